The number of carbonyl (C=O) groups excluding carboxylic acids is 1. The molecular weight excluding hydrogens is 635 g/mol. The molecule has 1 saturated carbocycles. The van der Waals surface area contributed by atoms with Crippen LogP contribution < -0.4 is 14.8 Å². The van der Waals surface area contributed by atoms with Crippen LogP contribution in [0.5, 0.6) is 11.6 Å². The summed E-state index contributed by atoms with van der Waals surface area (Å²) in [5, 5.41) is 61.6. The molecule has 8 N–H and O–H groups in total. The van der Waals surface area contributed by atoms with Crippen molar-refractivity contribution in [1.82, 2.24) is 20.0 Å². The van der Waals surface area contributed by atoms with Crippen LogP contribution in [0.15, 0.2) is 78.1 Å². The Morgan fingerprint density at radius 1 is 0.936 bits per heavy atom. The highest BCUT2D eigenvalue weighted by molar-refractivity contribution is 7.89. The predicted molar refractivity (Wildman–Crippen MR) is 167 cm³/mol. The maximum absolute atomic E-state index is 13.6. The lowest BCUT2D eigenvalue weighted by atomic mass is 9.75. The Labute approximate surface area is 272 Å². The molecule has 0 saturated heterocycles. The first-order valence-corrected chi connectivity index (χ1v) is 16.5. The summed E-state index contributed by atoms with van der Waals surface area (Å²) < 4.78 is 40.0. The zero-order chi connectivity index (χ0) is 34.0. The molecule has 1 fully saturated rings. The van der Waals surface area contributed by atoms with Crippen LogP contribution >= 0.6 is 0 Å². The molecule has 3 aromatic rings. The van der Waals surface area contributed by atoms with E-state index in [-0.39, 0.29) is 24.6 Å². The number of rotatable bonds is 19. The monoisotopic (exact) mass is 674 g/mol. The highest BCUT2D eigenvalue weighted by atomic mass is 32.2. The average Bonchev–Trinajstić information content (AvgIpc) is 3.90. The Bertz CT molecular complexity index is 1510. The lowest BCUT2D eigenvalue weighted by Crippen LogP contribution is -2.56. The molecule has 0 bridgehead atoms. The third-order valence-corrected chi connectivity index (χ3v) is 8.82. The second-order valence-corrected chi connectivity index (χ2v) is 12.9. The number of para-hydroxylation sites is 1. The highest BCUT2D eigenvalue weighted by Crippen LogP contribution is 2.34. The second kappa shape index (κ2) is 17.1. The van der Waals surface area contributed by atoms with Gasteiger partial charge >= 0.3 is 7.12 Å². The van der Waals surface area contributed by atoms with Crippen LogP contribution in [-0.4, -0.2) is 112 Å². The maximum atomic E-state index is 13.6. The van der Waals surface area contributed by atoms with Gasteiger partial charge in [-0.05, 0) is 36.5 Å². The summed E-state index contributed by atoms with van der Waals surface area (Å²) in [6.07, 6.45) is -3.24. The van der Waals surface area contributed by atoms with E-state index in [4.69, 9.17) is 14.5 Å². The number of nitrogens with zero attached hydrogens (tertiary/aromatic N) is 2. The first kappa shape index (κ1) is 36.3. The van der Waals surface area contributed by atoms with Gasteiger partial charge in [0.05, 0.1) is 31.5 Å². The summed E-state index contributed by atoms with van der Waals surface area (Å²) >= 11 is 0. The minimum absolute atomic E-state index is 0.0577. The number of aliphatic hydroxyl groups excluding tert-OH is 5. The van der Waals surface area contributed by atoms with Crippen molar-refractivity contribution in [3.05, 3.63) is 78.6 Å². The van der Waals surface area contributed by atoms with Crippen molar-refractivity contribution in [3.63, 3.8) is 0 Å². The van der Waals surface area contributed by atoms with Crippen LogP contribution in [0.2, 0.25) is 0 Å². The Hall–Kier alpha value is -3.52. The molecule has 2 aromatic carbocycles. The largest absolute Gasteiger partial charge is 0.478 e. The van der Waals surface area contributed by atoms with Crippen LogP contribution in [0.4, 0.5) is 0 Å². The minimum atomic E-state index is -4.39. The van der Waals surface area contributed by atoms with E-state index < -0.39 is 77.7 Å². The number of aromatic nitrogens is 2. The first-order chi connectivity index (χ1) is 22.5. The van der Waals surface area contributed by atoms with Crippen molar-refractivity contribution >= 4 is 23.0 Å². The number of benzene rings is 2. The van der Waals surface area contributed by atoms with Gasteiger partial charge in [-0.15, -0.1) is 0 Å². The highest BCUT2D eigenvalue weighted by Gasteiger charge is 2.38. The normalized spacial score (nSPS) is 17.1. The zero-order valence-corrected chi connectivity index (χ0v) is 26.1. The van der Waals surface area contributed by atoms with Gasteiger partial charge in [-0.3, -0.25) is 4.79 Å². The Morgan fingerprint density at radius 2 is 1.57 bits per heavy atom. The molecule has 1 aliphatic rings. The summed E-state index contributed by atoms with van der Waals surface area (Å²) in [7, 11) is -6.08. The molecule has 47 heavy (non-hydrogen) atoms. The summed E-state index contributed by atoms with van der Waals surface area (Å²) in [5.74, 6) is -1.12. The fourth-order valence-corrected chi connectivity index (χ4v) is 5.68. The van der Waals surface area contributed by atoms with E-state index in [1.165, 1.54) is 0 Å². The SMILES string of the molecule is O=C(N[C@@H](CC1CC1)B(O)OC[C@@H](O)[C@@H](O)[C@H](O)[C@H](O)CO)[C@H](Cc1ccccc1)NS(=O)(=O)c1cnc(Oc2ccccc2)cn1. The van der Waals surface area contributed by atoms with Crippen molar-refractivity contribution in [2.24, 2.45) is 5.92 Å². The van der Waals surface area contributed by atoms with Gasteiger partial charge in [-0.2, -0.15) is 4.72 Å². The number of sulfonamides is 1. The molecule has 0 aliphatic heterocycles. The van der Waals surface area contributed by atoms with Gasteiger partial charge in [0.1, 0.15) is 36.2 Å². The quantitative estimate of drug-likeness (QED) is 0.0707. The molecule has 1 aromatic heterocycles. The van der Waals surface area contributed by atoms with Gasteiger partial charge in [-0.25, -0.2) is 18.4 Å². The predicted octanol–water partition coefficient (Wildman–Crippen LogP) is -1.08. The number of carbonyl (C=O) groups is 1. The molecule has 1 amide bonds. The topological polar surface area (TPSA) is 241 Å². The van der Waals surface area contributed by atoms with Crippen molar-refractivity contribution in [1.29, 1.82) is 0 Å². The number of aliphatic hydroxyl groups is 5. The zero-order valence-electron chi connectivity index (χ0n) is 25.3. The first-order valence-electron chi connectivity index (χ1n) is 15.0. The number of ether oxygens (including phenoxy) is 1. The fraction of sp³-hybridized carbons (Fsp3) is 0.433. The molecule has 0 unspecified atom stereocenters. The summed E-state index contributed by atoms with van der Waals surface area (Å²) in [6, 6.07) is 16.0. The Balaban J connectivity index is 1.46. The van der Waals surface area contributed by atoms with Gasteiger partial charge < -0.3 is 45.3 Å². The number of hydrogen-bond donors (Lipinski definition) is 8. The van der Waals surface area contributed by atoms with Crippen LogP contribution in [0.3, 0.4) is 0 Å². The summed E-state index contributed by atoms with van der Waals surface area (Å²) in [5.41, 5.74) is 0.643. The minimum Gasteiger partial charge on any atom is -0.438 e. The van der Waals surface area contributed by atoms with E-state index in [0.29, 0.717) is 11.3 Å². The third kappa shape index (κ3) is 11.0. The molecule has 1 heterocycles. The third-order valence-electron chi connectivity index (χ3n) is 7.46. The molecule has 6 atom stereocenters. The lowest BCUT2D eigenvalue weighted by Gasteiger charge is -2.28. The maximum Gasteiger partial charge on any atom is 0.478 e. The van der Waals surface area contributed by atoms with E-state index in [0.717, 1.165) is 25.2 Å². The molecule has 17 heteroatoms. The van der Waals surface area contributed by atoms with E-state index in [1.807, 2.05) is 0 Å². The van der Waals surface area contributed by atoms with E-state index in [1.54, 1.807) is 60.7 Å². The molecule has 0 spiro atoms. The number of amides is 1. The van der Waals surface area contributed by atoms with Crippen LogP contribution in [-0.2, 0) is 25.9 Å². The Morgan fingerprint density at radius 3 is 2.17 bits per heavy atom. The molecule has 254 valence electrons. The number of hydrogen-bond acceptors (Lipinski definition) is 13. The average molecular weight is 675 g/mol. The van der Waals surface area contributed by atoms with Gasteiger partial charge in [-0.1, -0.05) is 61.4 Å². The summed E-state index contributed by atoms with van der Waals surface area (Å²) in [6.45, 7) is -1.56. The van der Waals surface area contributed by atoms with E-state index in [2.05, 4.69) is 20.0 Å². The Kier molecular flexibility index (Phi) is 13.2. The molecule has 1 aliphatic carbocycles. The van der Waals surface area contributed by atoms with Crippen LogP contribution in [0.1, 0.15) is 24.8 Å². The molecule has 15 nitrogen and oxygen atoms in total. The van der Waals surface area contributed by atoms with Crippen LogP contribution in [0, 0.1) is 5.92 Å². The lowest BCUT2D eigenvalue weighted by molar-refractivity contribution is -0.124. The standard InChI is InChI=1S/C30H39BN4O11S/c36-17-23(37)28(39)29(40)24(38)18-45-31(42)25(14-20-11-12-20)34-30(41)22(13-19-7-3-1-4-8-19)35-47(43,44)27-16-32-26(15-33-27)46-21-9-5-2-6-10-21/h1-10,15-16,20,22-25,28-29,35-40,42H,11-14,17-18H2,(H,34,41)/t22-,23+,24+,25-,28+,29+/m0/s1. The number of nitrogens with one attached hydrogen (secondary N) is 2. The van der Waals surface area contributed by atoms with Gasteiger partial charge in [0.15, 0.2) is 5.03 Å². The fourth-order valence-electron chi connectivity index (χ4n) is 4.61. The summed E-state index contributed by atoms with van der Waals surface area (Å²) in [4.78, 5) is 21.6. The van der Waals surface area contributed by atoms with Crippen molar-refractivity contribution in [3.8, 4) is 11.6 Å². The van der Waals surface area contributed by atoms with Crippen molar-refractivity contribution < 1.29 is 53.2 Å². The van der Waals surface area contributed by atoms with Gasteiger partial charge in [0.2, 0.25) is 11.8 Å². The van der Waals surface area contributed by atoms with Gasteiger partial charge in [0, 0.05) is 0 Å². The molecular formula is C30H39BN4O11S. The van der Waals surface area contributed by atoms with Crippen molar-refractivity contribution in [2.45, 2.75) is 67.1 Å². The van der Waals surface area contributed by atoms with E-state index in [9.17, 15) is 38.7 Å². The second-order valence-electron chi connectivity index (χ2n) is 11.3. The van der Waals surface area contributed by atoms with Crippen LogP contribution in [0.25, 0.3) is 0 Å². The smallest absolute Gasteiger partial charge is 0.438 e. The molecule has 0 radical (unpaired) electrons. The van der Waals surface area contributed by atoms with Gasteiger partial charge in [0.25, 0.3) is 10.0 Å². The van der Waals surface area contributed by atoms with Crippen molar-refractivity contribution in [2.75, 3.05) is 13.2 Å². The van der Waals surface area contributed by atoms with E-state index >= 15 is 0 Å². The molecule has 4 rings (SSSR count).